The lowest BCUT2D eigenvalue weighted by Crippen LogP contribution is -2.58. The Kier molecular flexibility index (Phi) is 3.62. The van der Waals surface area contributed by atoms with Crippen molar-refractivity contribution in [2.24, 2.45) is 11.1 Å². The minimum absolute atomic E-state index is 0.0856. The summed E-state index contributed by atoms with van der Waals surface area (Å²) in [6.45, 7) is 4.99. The van der Waals surface area contributed by atoms with Crippen LogP contribution in [0, 0.1) is 11.2 Å². The van der Waals surface area contributed by atoms with Crippen LogP contribution in [0.15, 0.2) is 24.3 Å². The van der Waals surface area contributed by atoms with Gasteiger partial charge in [-0.15, -0.1) is 0 Å². The summed E-state index contributed by atoms with van der Waals surface area (Å²) >= 11 is 0. The van der Waals surface area contributed by atoms with E-state index in [-0.39, 0.29) is 16.8 Å². The minimum Gasteiger partial charge on any atom is -0.375 e. The molecule has 2 nitrogen and oxygen atoms in total. The van der Waals surface area contributed by atoms with E-state index in [1.54, 1.807) is 12.1 Å². The molecular formula is C15H23FN2. The molecule has 0 heterocycles. The van der Waals surface area contributed by atoms with Crippen LogP contribution in [0.5, 0.6) is 0 Å². The van der Waals surface area contributed by atoms with Crippen LogP contribution in [-0.2, 0) is 0 Å². The first-order valence-corrected chi connectivity index (χ1v) is 6.74. The molecule has 1 aliphatic rings. The van der Waals surface area contributed by atoms with Crippen LogP contribution in [0.3, 0.4) is 0 Å². The number of benzene rings is 1. The van der Waals surface area contributed by atoms with E-state index in [2.05, 4.69) is 19.2 Å². The van der Waals surface area contributed by atoms with E-state index in [1.165, 1.54) is 12.5 Å². The van der Waals surface area contributed by atoms with Crippen molar-refractivity contribution in [3.05, 3.63) is 30.1 Å². The Morgan fingerprint density at radius 1 is 1.22 bits per heavy atom. The zero-order valence-corrected chi connectivity index (χ0v) is 11.3. The van der Waals surface area contributed by atoms with E-state index >= 15 is 0 Å². The highest BCUT2D eigenvalue weighted by molar-refractivity contribution is 5.48. The first kappa shape index (κ1) is 13.3. The Balaban J connectivity index is 2.30. The maximum atomic E-state index is 13.8. The van der Waals surface area contributed by atoms with E-state index in [0.717, 1.165) is 19.3 Å². The molecule has 0 bridgehead atoms. The van der Waals surface area contributed by atoms with Gasteiger partial charge in [-0.1, -0.05) is 38.8 Å². The van der Waals surface area contributed by atoms with Crippen molar-refractivity contribution >= 4 is 5.69 Å². The smallest absolute Gasteiger partial charge is 0.146 e. The number of anilines is 1. The monoisotopic (exact) mass is 250 g/mol. The second kappa shape index (κ2) is 4.88. The molecule has 0 aromatic heterocycles. The predicted molar refractivity (Wildman–Crippen MR) is 74.1 cm³/mol. The summed E-state index contributed by atoms with van der Waals surface area (Å²) < 4.78 is 13.8. The van der Waals surface area contributed by atoms with E-state index in [0.29, 0.717) is 12.2 Å². The van der Waals surface area contributed by atoms with Crippen LogP contribution < -0.4 is 11.1 Å². The van der Waals surface area contributed by atoms with E-state index in [9.17, 15) is 4.39 Å². The normalized spacial score (nSPS) is 26.9. The molecule has 100 valence electrons. The van der Waals surface area contributed by atoms with Gasteiger partial charge in [-0.05, 0) is 30.4 Å². The standard InChI is InChI=1S/C15H23FN2/c1-14(2)9-5-6-10-15(14,11-17)18-13-8-4-3-7-12(13)16/h3-4,7-8,18H,5-6,9-11,17H2,1-2H3. The molecule has 1 fully saturated rings. The van der Waals surface area contributed by atoms with Gasteiger partial charge in [0.1, 0.15) is 5.82 Å². The highest BCUT2D eigenvalue weighted by atomic mass is 19.1. The number of nitrogens with two attached hydrogens (primary N) is 1. The van der Waals surface area contributed by atoms with Gasteiger partial charge in [0.05, 0.1) is 11.2 Å². The summed E-state index contributed by atoms with van der Waals surface area (Å²) in [7, 11) is 0. The van der Waals surface area contributed by atoms with Gasteiger partial charge in [-0.3, -0.25) is 0 Å². The van der Waals surface area contributed by atoms with Gasteiger partial charge >= 0.3 is 0 Å². The largest absolute Gasteiger partial charge is 0.375 e. The Labute approximate surface area is 109 Å². The van der Waals surface area contributed by atoms with E-state index in [4.69, 9.17) is 5.73 Å². The molecule has 1 atom stereocenters. The molecule has 1 aliphatic carbocycles. The van der Waals surface area contributed by atoms with Crippen molar-refractivity contribution in [3.8, 4) is 0 Å². The summed E-state index contributed by atoms with van der Waals surface area (Å²) in [5.74, 6) is -0.202. The Hall–Kier alpha value is -1.09. The van der Waals surface area contributed by atoms with Gasteiger partial charge in [-0.25, -0.2) is 4.39 Å². The number of rotatable bonds is 3. The third-order valence-electron chi connectivity index (χ3n) is 4.55. The van der Waals surface area contributed by atoms with Crippen LogP contribution in [0.2, 0.25) is 0 Å². The summed E-state index contributed by atoms with van der Waals surface area (Å²) in [5.41, 5.74) is 6.48. The van der Waals surface area contributed by atoms with Crippen LogP contribution in [0.1, 0.15) is 39.5 Å². The van der Waals surface area contributed by atoms with Gasteiger partial charge in [0.15, 0.2) is 0 Å². The highest BCUT2D eigenvalue weighted by Crippen LogP contribution is 2.45. The van der Waals surface area contributed by atoms with Gasteiger partial charge in [-0.2, -0.15) is 0 Å². The fourth-order valence-corrected chi connectivity index (χ4v) is 3.05. The Morgan fingerprint density at radius 2 is 1.89 bits per heavy atom. The predicted octanol–water partition coefficient (Wildman–Crippen LogP) is 3.54. The van der Waals surface area contributed by atoms with Gasteiger partial charge in [0, 0.05) is 6.54 Å². The molecular weight excluding hydrogens is 227 g/mol. The molecule has 1 unspecified atom stereocenters. The third kappa shape index (κ3) is 2.24. The fraction of sp³-hybridized carbons (Fsp3) is 0.600. The average Bonchev–Trinajstić information content (AvgIpc) is 2.34. The first-order chi connectivity index (χ1) is 8.51. The molecule has 3 heteroatoms. The average molecular weight is 250 g/mol. The summed E-state index contributed by atoms with van der Waals surface area (Å²) in [6.07, 6.45) is 4.52. The third-order valence-corrected chi connectivity index (χ3v) is 4.55. The maximum absolute atomic E-state index is 13.8. The minimum atomic E-state index is -0.202. The first-order valence-electron chi connectivity index (χ1n) is 6.74. The lowest BCUT2D eigenvalue weighted by Gasteiger charge is -2.51. The highest BCUT2D eigenvalue weighted by Gasteiger charge is 2.45. The number of halogens is 1. The molecule has 0 amide bonds. The van der Waals surface area contributed by atoms with Crippen molar-refractivity contribution < 1.29 is 4.39 Å². The number of nitrogens with one attached hydrogen (secondary N) is 1. The zero-order chi connectivity index (χ0) is 13.2. The number of hydrogen-bond acceptors (Lipinski definition) is 2. The zero-order valence-electron chi connectivity index (χ0n) is 11.3. The Bertz CT molecular complexity index is 417. The van der Waals surface area contributed by atoms with Crippen LogP contribution in [0.4, 0.5) is 10.1 Å². The second-order valence-electron chi connectivity index (χ2n) is 5.98. The van der Waals surface area contributed by atoms with Crippen molar-refractivity contribution in [2.75, 3.05) is 11.9 Å². The molecule has 0 spiro atoms. The molecule has 3 N–H and O–H groups in total. The lowest BCUT2D eigenvalue weighted by atomic mass is 9.63. The van der Waals surface area contributed by atoms with Crippen LogP contribution in [-0.4, -0.2) is 12.1 Å². The van der Waals surface area contributed by atoms with Gasteiger partial charge in [0.2, 0.25) is 0 Å². The van der Waals surface area contributed by atoms with Crippen LogP contribution >= 0.6 is 0 Å². The van der Waals surface area contributed by atoms with Crippen molar-refractivity contribution in [2.45, 2.75) is 45.1 Å². The number of para-hydroxylation sites is 1. The molecule has 2 rings (SSSR count). The second-order valence-corrected chi connectivity index (χ2v) is 5.98. The summed E-state index contributed by atoms with van der Waals surface area (Å²) in [6, 6.07) is 6.84. The topological polar surface area (TPSA) is 38.0 Å². The maximum Gasteiger partial charge on any atom is 0.146 e. The molecule has 1 aromatic carbocycles. The molecule has 0 aliphatic heterocycles. The lowest BCUT2D eigenvalue weighted by molar-refractivity contribution is 0.124. The number of hydrogen-bond donors (Lipinski definition) is 2. The quantitative estimate of drug-likeness (QED) is 0.861. The van der Waals surface area contributed by atoms with Crippen LogP contribution in [0.25, 0.3) is 0 Å². The van der Waals surface area contributed by atoms with Crippen molar-refractivity contribution in [1.82, 2.24) is 0 Å². The molecule has 1 saturated carbocycles. The molecule has 1 aromatic rings. The van der Waals surface area contributed by atoms with E-state index < -0.39 is 0 Å². The molecule has 0 radical (unpaired) electrons. The molecule has 0 saturated heterocycles. The SMILES string of the molecule is CC1(C)CCCCC1(CN)Nc1ccccc1F. The molecule has 18 heavy (non-hydrogen) atoms. The summed E-state index contributed by atoms with van der Waals surface area (Å²) in [4.78, 5) is 0. The van der Waals surface area contributed by atoms with Crippen molar-refractivity contribution in [3.63, 3.8) is 0 Å². The van der Waals surface area contributed by atoms with Crippen molar-refractivity contribution in [1.29, 1.82) is 0 Å². The van der Waals surface area contributed by atoms with Gasteiger partial charge in [0.25, 0.3) is 0 Å². The Morgan fingerprint density at radius 3 is 2.50 bits per heavy atom. The van der Waals surface area contributed by atoms with E-state index in [1.807, 2.05) is 6.07 Å². The van der Waals surface area contributed by atoms with Gasteiger partial charge < -0.3 is 11.1 Å². The summed E-state index contributed by atoms with van der Waals surface area (Å²) in [5, 5.41) is 3.40. The fourth-order valence-electron chi connectivity index (χ4n) is 3.05.